The molecule has 3 rings (SSSR count). The van der Waals surface area contributed by atoms with E-state index >= 15 is 0 Å². The van der Waals surface area contributed by atoms with E-state index in [1.54, 1.807) is 42.6 Å². The fourth-order valence-electron chi connectivity index (χ4n) is 1.93. The Morgan fingerprint density at radius 1 is 1.17 bits per heavy atom. The Morgan fingerprint density at radius 3 is 2.13 bits per heavy atom. The number of allylic oxidation sites excluding steroid dienone is 1. The smallest absolute Gasteiger partial charge is 0.330 e. The topological polar surface area (TPSA) is 54.4 Å². The molecular weight excluding hydrogens is 328 g/mol. The third-order valence-electron chi connectivity index (χ3n) is 3.77. The zero-order chi connectivity index (χ0) is 17.4. The maximum Gasteiger partial charge on any atom is 0.330 e. The van der Waals surface area contributed by atoms with Crippen LogP contribution in [-0.2, 0) is 4.79 Å². The number of fused-ring (bicyclic) bond motifs is 1. The van der Waals surface area contributed by atoms with Gasteiger partial charge in [-0.3, -0.25) is 4.79 Å². The van der Waals surface area contributed by atoms with Gasteiger partial charge in [0.15, 0.2) is 5.78 Å². The molecule has 3 nitrogen and oxygen atoms in total. The van der Waals surface area contributed by atoms with Crippen LogP contribution in [0.25, 0.3) is 0 Å². The molecule has 1 N–H and O–H groups in total. The number of hydrogen-bond acceptors (Lipinski definition) is 4. The predicted octanol–water partition coefficient (Wildman–Crippen LogP) is 5.47. The van der Waals surface area contributed by atoms with Crippen molar-refractivity contribution in [2.24, 2.45) is 5.92 Å². The van der Waals surface area contributed by atoms with Gasteiger partial charge in [-0.15, -0.1) is 11.3 Å². The monoisotopic (exact) mass is 350 g/mol. The van der Waals surface area contributed by atoms with Crippen LogP contribution in [0, 0.1) is 5.92 Å². The van der Waals surface area contributed by atoms with Gasteiger partial charge in [0, 0.05) is 11.5 Å². The number of carboxylic acid groups (broad SMARTS) is 1. The average molecular weight is 351 g/mol. The van der Waals surface area contributed by atoms with Gasteiger partial charge in [0.2, 0.25) is 0 Å². The van der Waals surface area contributed by atoms with Crippen molar-refractivity contribution in [1.29, 1.82) is 0 Å². The summed E-state index contributed by atoms with van der Waals surface area (Å²) in [5, 5.41) is 14.2. The summed E-state index contributed by atoms with van der Waals surface area (Å²) < 4.78 is 0. The molecule has 1 aliphatic rings. The summed E-state index contributed by atoms with van der Waals surface area (Å²) in [5.74, 6) is 0.131. The highest BCUT2D eigenvalue weighted by Gasteiger charge is 2.34. The molecule has 0 aliphatic heterocycles. The van der Waals surface area contributed by atoms with Crippen LogP contribution in [-0.4, -0.2) is 16.9 Å². The molecule has 23 heavy (non-hydrogen) atoms. The summed E-state index contributed by atoms with van der Waals surface area (Å²) in [6.45, 7) is 7.40. The Balaban J connectivity index is 0.000000190. The lowest BCUT2D eigenvalue weighted by molar-refractivity contribution is -0.132. The van der Waals surface area contributed by atoms with Crippen LogP contribution in [0.15, 0.2) is 46.0 Å². The highest BCUT2D eigenvalue weighted by molar-refractivity contribution is 7.12. The number of hydrogen-bond donors (Lipinski definition) is 1. The average Bonchev–Trinajstić information content (AvgIpc) is 3.28. The number of aliphatic carboxylic acids is 1. The molecule has 0 fully saturated rings. The van der Waals surface area contributed by atoms with Crippen molar-refractivity contribution in [1.82, 2.24) is 0 Å². The summed E-state index contributed by atoms with van der Waals surface area (Å²) in [6, 6.07) is 6.11. The molecule has 2 unspecified atom stereocenters. The van der Waals surface area contributed by atoms with Crippen molar-refractivity contribution in [2.45, 2.75) is 33.6 Å². The summed E-state index contributed by atoms with van der Waals surface area (Å²) >= 11 is 3.29. The molecule has 0 spiro atoms. The van der Waals surface area contributed by atoms with E-state index in [9.17, 15) is 9.59 Å². The first-order valence-electron chi connectivity index (χ1n) is 7.35. The van der Waals surface area contributed by atoms with Gasteiger partial charge < -0.3 is 5.11 Å². The molecule has 124 valence electrons. The number of ketones is 1. The van der Waals surface area contributed by atoms with Crippen LogP contribution in [0.1, 0.15) is 48.8 Å². The Kier molecular flexibility index (Phi) is 7.92. The Labute approximate surface area is 145 Å². The maximum atomic E-state index is 11.5. The number of carbonyl (C=O) groups is 2. The van der Waals surface area contributed by atoms with Crippen LogP contribution in [0.5, 0.6) is 0 Å². The minimum atomic E-state index is -0.845. The second-order valence-corrected chi connectivity index (χ2v) is 6.95. The summed E-state index contributed by atoms with van der Waals surface area (Å²) in [4.78, 5) is 22.3. The summed E-state index contributed by atoms with van der Waals surface area (Å²) in [5.41, 5.74) is 1.65. The van der Waals surface area contributed by atoms with E-state index in [1.807, 2.05) is 35.2 Å². The molecular formula is C18H22O3S2. The lowest BCUT2D eigenvalue weighted by atomic mass is 9.97. The zero-order valence-corrected chi connectivity index (χ0v) is 15.4. The van der Waals surface area contributed by atoms with Gasteiger partial charge in [0.25, 0.3) is 0 Å². The lowest BCUT2D eigenvalue weighted by Crippen LogP contribution is -2.06. The number of carbonyl (C=O) groups excluding carboxylic acids is 1. The fourth-order valence-corrected chi connectivity index (χ4v) is 3.43. The van der Waals surface area contributed by atoms with Gasteiger partial charge in [0.1, 0.15) is 0 Å². The van der Waals surface area contributed by atoms with Crippen molar-refractivity contribution in [3.8, 4) is 0 Å². The van der Waals surface area contributed by atoms with E-state index in [1.165, 1.54) is 5.56 Å². The second kappa shape index (κ2) is 9.43. The first-order valence-corrected chi connectivity index (χ1v) is 9.17. The quantitative estimate of drug-likeness (QED) is 0.694. The molecule has 2 aromatic heterocycles. The highest BCUT2D eigenvalue weighted by atomic mass is 32.1. The van der Waals surface area contributed by atoms with E-state index < -0.39 is 5.97 Å². The van der Waals surface area contributed by atoms with Gasteiger partial charge in [-0.1, -0.05) is 32.1 Å². The van der Waals surface area contributed by atoms with Gasteiger partial charge >= 0.3 is 5.97 Å². The number of carboxylic acids is 1. The summed E-state index contributed by atoms with van der Waals surface area (Å²) in [6.07, 6.45) is 1.56. The SMILES string of the molecule is C/C=C(\C)C(=O)O.CC1C(=O)c2sccc2C1C.c1ccsc1. The molecule has 0 amide bonds. The molecule has 2 aromatic rings. The minimum absolute atomic E-state index is 0.206. The first-order chi connectivity index (χ1) is 10.9. The Hall–Kier alpha value is -1.72. The molecule has 0 aromatic carbocycles. The van der Waals surface area contributed by atoms with Crippen molar-refractivity contribution in [3.63, 3.8) is 0 Å². The van der Waals surface area contributed by atoms with Crippen LogP contribution in [0.3, 0.4) is 0 Å². The van der Waals surface area contributed by atoms with E-state index in [2.05, 4.69) is 13.0 Å². The molecule has 5 heteroatoms. The first kappa shape index (κ1) is 19.3. The standard InChI is InChI=1S/C9H10OS.C5H8O2.C4H4S/c1-5-6(2)8(10)9-7(5)3-4-11-9;1-3-4(2)5(6)7;1-2-4-5-3-1/h3-6H,1-2H3;3H,1-2H3,(H,6,7);1-4H/b;4-3+;. The molecule has 0 bridgehead atoms. The number of Topliss-reactive ketones (excluding diaryl/α,β-unsaturated/α-hetero) is 1. The second-order valence-electron chi connectivity index (χ2n) is 5.22. The van der Waals surface area contributed by atoms with E-state index in [4.69, 9.17) is 5.11 Å². The van der Waals surface area contributed by atoms with Crippen molar-refractivity contribution in [2.75, 3.05) is 0 Å². The maximum absolute atomic E-state index is 11.5. The number of thiophene rings is 2. The molecule has 0 saturated carbocycles. The van der Waals surface area contributed by atoms with Crippen molar-refractivity contribution >= 4 is 34.4 Å². The van der Waals surface area contributed by atoms with Crippen LogP contribution >= 0.6 is 22.7 Å². The Morgan fingerprint density at radius 2 is 1.78 bits per heavy atom. The lowest BCUT2D eigenvalue weighted by Gasteiger charge is -2.06. The van der Waals surface area contributed by atoms with Crippen LogP contribution < -0.4 is 0 Å². The van der Waals surface area contributed by atoms with E-state index in [0.29, 0.717) is 17.3 Å². The third kappa shape index (κ3) is 5.44. The fraction of sp³-hybridized carbons (Fsp3) is 0.333. The molecule has 2 atom stereocenters. The minimum Gasteiger partial charge on any atom is -0.478 e. The third-order valence-corrected chi connectivity index (χ3v) is 5.34. The molecule has 2 heterocycles. The molecule has 0 radical (unpaired) electrons. The van der Waals surface area contributed by atoms with Crippen molar-refractivity contribution < 1.29 is 14.7 Å². The Bertz CT molecular complexity index is 636. The molecule has 0 saturated heterocycles. The van der Waals surface area contributed by atoms with Gasteiger partial charge in [0.05, 0.1) is 4.88 Å². The van der Waals surface area contributed by atoms with Gasteiger partial charge in [-0.2, -0.15) is 11.3 Å². The number of rotatable bonds is 1. The van der Waals surface area contributed by atoms with Crippen LogP contribution in [0.2, 0.25) is 0 Å². The largest absolute Gasteiger partial charge is 0.478 e. The van der Waals surface area contributed by atoms with Crippen molar-refractivity contribution in [3.05, 3.63) is 56.4 Å². The van der Waals surface area contributed by atoms with E-state index in [-0.39, 0.29) is 5.92 Å². The zero-order valence-electron chi connectivity index (χ0n) is 13.8. The van der Waals surface area contributed by atoms with E-state index in [0.717, 1.165) is 4.88 Å². The molecule has 1 aliphatic carbocycles. The van der Waals surface area contributed by atoms with Gasteiger partial charge in [-0.05, 0) is 47.5 Å². The highest BCUT2D eigenvalue weighted by Crippen LogP contribution is 2.39. The normalized spacial score (nSPS) is 19.1. The van der Waals surface area contributed by atoms with Crippen LogP contribution in [0.4, 0.5) is 0 Å². The summed E-state index contributed by atoms with van der Waals surface area (Å²) in [7, 11) is 0. The predicted molar refractivity (Wildman–Crippen MR) is 97.6 cm³/mol. The van der Waals surface area contributed by atoms with Gasteiger partial charge in [-0.25, -0.2) is 4.79 Å².